The van der Waals surface area contributed by atoms with Gasteiger partial charge in [0.05, 0.1) is 0 Å². The molecule has 2 radical (unpaired) electrons. The molecule has 0 unspecified atom stereocenters. The SMILES string of the molecule is [CH2]CCc1ccccc1[CH2]. The zero-order valence-electron chi connectivity index (χ0n) is 6.14. The van der Waals surface area contributed by atoms with E-state index in [0.717, 1.165) is 18.4 Å². The lowest BCUT2D eigenvalue weighted by Crippen LogP contribution is -1.86. The van der Waals surface area contributed by atoms with Crippen LogP contribution in [0.15, 0.2) is 24.3 Å². The summed E-state index contributed by atoms with van der Waals surface area (Å²) in [5.41, 5.74) is 2.45. The maximum atomic E-state index is 3.91. The standard InChI is InChI=1S/C10H12/c1-3-6-10-8-5-4-7-9(10)2/h4-5,7-8H,1-3,6H2. The monoisotopic (exact) mass is 132 g/mol. The second-order valence-corrected chi connectivity index (χ2v) is 2.37. The summed E-state index contributed by atoms with van der Waals surface area (Å²) in [7, 11) is 0. The van der Waals surface area contributed by atoms with Crippen LogP contribution >= 0.6 is 0 Å². The number of benzene rings is 1. The average molecular weight is 132 g/mol. The van der Waals surface area contributed by atoms with Gasteiger partial charge in [0, 0.05) is 0 Å². The van der Waals surface area contributed by atoms with Crippen LogP contribution in [-0.2, 0) is 6.42 Å². The van der Waals surface area contributed by atoms with Crippen LogP contribution in [0.2, 0.25) is 0 Å². The van der Waals surface area contributed by atoms with Crippen LogP contribution in [-0.4, -0.2) is 0 Å². The zero-order chi connectivity index (χ0) is 7.40. The van der Waals surface area contributed by atoms with Crippen molar-refractivity contribution in [1.82, 2.24) is 0 Å². The number of rotatable bonds is 2. The predicted molar refractivity (Wildman–Crippen MR) is 44.6 cm³/mol. The van der Waals surface area contributed by atoms with E-state index in [1.807, 2.05) is 18.2 Å². The van der Waals surface area contributed by atoms with Gasteiger partial charge in [-0.25, -0.2) is 0 Å². The second-order valence-electron chi connectivity index (χ2n) is 2.37. The van der Waals surface area contributed by atoms with Crippen molar-refractivity contribution in [3.63, 3.8) is 0 Å². The molecule has 0 amide bonds. The number of hydrogen-bond donors (Lipinski definition) is 0. The Kier molecular flexibility index (Phi) is 2.49. The summed E-state index contributed by atoms with van der Waals surface area (Å²) in [5.74, 6) is 0. The van der Waals surface area contributed by atoms with E-state index in [1.165, 1.54) is 5.56 Å². The molecule has 0 aliphatic rings. The molecule has 0 heteroatoms. The first-order valence-corrected chi connectivity index (χ1v) is 3.53. The molecule has 1 aromatic rings. The van der Waals surface area contributed by atoms with Gasteiger partial charge in [-0.1, -0.05) is 31.2 Å². The van der Waals surface area contributed by atoms with E-state index in [1.54, 1.807) is 0 Å². The van der Waals surface area contributed by atoms with Crippen LogP contribution in [0.4, 0.5) is 0 Å². The summed E-state index contributed by atoms with van der Waals surface area (Å²) in [4.78, 5) is 0. The molecule has 1 aromatic carbocycles. The fourth-order valence-electron chi connectivity index (χ4n) is 0.992. The Morgan fingerprint density at radius 2 is 1.90 bits per heavy atom. The quantitative estimate of drug-likeness (QED) is 0.580. The van der Waals surface area contributed by atoms with Gasteiger partial charge in [-0.15, -0.1) is 0 Å². The van der Waals surface area contributed by atoms with Crippen molar-refractivity contribution in [2.24, 2.45) is 0 Å². The molecule has 0 saturated heterocycles. The highest BCUT2D eigenvalue weighted by atomic mass is 14.0. The number of hydrogen-bond acceptors (Lipinski definition) is 0. The lowest BCUT2D eigenvalue weighted by atomic mass is 10.1. The van der Waals surface area contributed by atoms with Crippen LogP contribution in [0.1, 0.15) is 17.5 Å². The summed E-state index contributed by atoms with van der Waals surface area (Å²) in [6, 6.07) is 8.19. The van der Waals surface area contributed by atoms with Gasteiger partial charge in [-0.2, -0.15) is 0 Å². The van der Waals surface area contributed by atoms with Crippen molar-refractivity contribution in [3.05, 3.63) is 49.2 Å². The normalized spacial score (nSPS) is 9.80. The molecule has 0 spiro atoms. The topological polar surface area (TPSA) is 0 Å². The maximum Gasteiger partial charge on any atom is -0.0235 e. The molecule has 0 aliphatic carbocycles. The Balaban J connectivity index is 2.81. The van der Waals surface area contributed by atoms with Crippen LogP contribution in [0, 0.1) is 13.8 Å². The molecular weight excluding hydrogens is 120 g/mol. The molecule has 1 rings (SSSR count). The van der Waals surface area contributed by atoms with Crippen molar-refractivity contribution in [2.45, 2.75) is 12.8 Å². The van der Waals surface area contributed by atoms with Gasteiger partial charge in [0.25, 0.3) is 0 Å². The van der Waals surface area contributed by atoms with Gasteiger partial charge >= 0.3 is 0 Å². The third-order valence-corrected chi connectivity index (χ3v) is 1.56. The van der Waals surface area contributed by atoms with Crippen molar-refractivity contribution in [3.8, 4) is 0 Å². The lowest BCUT2D eigenvalue weighted by molar-refractivity contribution is 0.993. The molecule has 52 valence electrons. The van der Waals surface area contributed by atoms with Gasteiger partial charge in [0.15, 0.2) is 0 Å². The van der Waals surface area contributed by atoms with E-state index in [0.29, 0.717) is 0 Å². The fraction of sp³-hybridized carbons (Fsp3) is 0.200. The predicted octanol–water partition coefficient (Wildman–Crippen LogP) is 2.64. The summed E-state index contributed by atoms with van der Waals surface area (Å²) >= 11 is 0. The van der Waals surface area contributed by atoms with Crippen LogP contribution in [0.25, 0.3) is 0 Å². The van der Waals surface area contributed by atoms with Gasteiger partial charge in [0.2, 0.25) is 0 Å². The summed E-state index contributed by atoms with van der Waals surface area (Å²) < 4.78 is 0. The smallest absolute Gasteiger partial charge is 0.0235 e. The lowest BCUT2D eigenvalue weighted by Gasteiger charge is -2.00. The Hall–Kier alpha value is -0.780. The zero-order valence-corrected chi connectivity index (χ0v) is 6.14. The molecule has 0 nitrogen and oxygen atoms in total. The van der Waals surface area contributed by atoms with E-state index in [9.17, 15) is 0 Å². The third kappa shape index (κ3) is 1.60. The van der Waals surface area contributed by atoms with Crippen LogP contribution < -0.4 is 0 Å². The molecule has 0 bridgehead atoms. The minimum absolute atomic E-state index is 0.951. The first-order chi connectivity index (χ1) is 4.84. The molecule has 0 atom stereocenters. The van der Waals surface area contributed by atoms with Crippen LogP contribution in [0.3, 0.4) is 0 Å². The number of aryl methyl sites for hydroxylation is 1. The van der Waals surface area contributed by atoms with E-state index in [4.69, 9.17) is 0 Å². The Bertz CT molecular complexity index is 201. The van der Waals surface area contributed by atoms with Gasteiger partial charge in [0.1, 0.15) is 0 Å². The molecule has 10 heavy (non-hydrogen) atoms. The molecule has 0 aromatic heterocycles. The molecule has 0 fully saturated rings. The second kappa shape index (κ2) is 3.40. The Labute approximate surface area is 62.9 Å². The molecule has 0 saturated carbocycles. The Morgan fingerprint density at radius 1 is 1.20 bits per heavy atom. The molecule has 0 heterocycles. The largest absolute Gasteiger partial charge is 0.0620 e. The molecular formula is C10H12. The third-order valence-electron chi connectivity index (χ3n) is 1.56. The van der Waals surface area contributed by atoms with E-state index < -0.39 is 0 Å². The summed E-state index contributed by atoms with van der Waals surface area (Å²) in [5, 5.41) is 0. The average Bonchev–Trinajstić information content (AvgIpc) is 1.94. The highest BCUT2D eigenvalue weighted by Gasteiger charge is 1.92. The minimum atomic E-state index is 0.951. The van der Waals surface area contributed by atoms with Crippen molar-refractivity contribution in [2.75, 3.05) is 0 Å². The first kappa shape index (κ1) is 7.33. The minimum Gasteiger partial charge on any atom is -0.0620 e. The highest BCUT2D eigenvalue weighted by molar-refractivity contribution is 5.29. The van der Waals surface area contributed by atoms with Crippen molar-refractivity contribution >= 4 is 0 Å². The van der Waals surface area contributed by atoms with Crippen molar-refractivity contribution < 1.29 is 0 Å². The van der Waals surface area contributed by atoms with Crippen molar-refractivity contribution in [1.29, 1.82) is 0 Å². The summed E-state index contributed by atoms with van der Waals surface area (Å²) in [6.07, 6.45) is 1.99. The van der Waals surface area contributed by atoms with E-state index in [-0.39, 0.29) is 0 Å². The maximum absolute atomic E-state index is 3.91. The van der Waals surface area contributed by atoms with E-state index >= 15 is 0 Å². The van der Waals surface area contributed by atoms with Crippen LogP contribution in [0.5, 0.6) is 0 Å². The Morgan fingerprint density at radius 3 is 2.50 bits per heavy atom. The van der Waals surface area contributed by atoms with Gasteiger partial charge < -0.3 is 0 Å². The highest BCUT2D eigenvalue weighted by Crippen LogP contribution is 2.08. The fourth-order valence-corrected chi connectivity index (χ4v) is 0.992. The molecule has 0 aliphatic heterocycles. The summed E-state index contributed by atoms with van der Waals surface area (Å²) in [6.45, 7) is 7.71. The molecule has 0 N–H and O–H groups in total. The first-order valence-electron chi connectivity index (χ1n) is 3.53. The van der Waals surface area contributed by atoms with Gasteiger partial charge in [-0.05, 0) is 30.9 Å². The van der Waals surface area contributed by atoms with E-state index in [2.05, 4.69) is 19.9 Å². The van der Waals surface area contributed by atoms with Gasteiger partial charge in [-0.3, -0.25) is 0 Å².